The maximum absolute atomic E-state index is 12.8. The van der Waals surface area contributed by atoms with E-state index in [1.807, 2.05) is 57.2 Å². The topological polar surface area (TPSA) is 71.0 Å². The summed E-state index contributed by atoms with van der Waals surface area (Å²) in [7, 11) is 0. The van der Waals surface area contributed by atoms with E-state index in [0.29, 0.717) is 30.4 Å². The van der Waals surface area contributed by atoms with E-state index in [9.17, 15) is 9.59 Å². The molecule has 2 atom stereocenters. The van der Waals surface area contributed by atoms with E-state index in [4.69, 9.17) is 4.74 Å². The lowest BCUT2D eigenvalue weighted by Crippen LogP contribution is -2.42. The fraction of sp³-hybridized carbons (Fsp3) is 0.375. The molecule has 0 bridgehead atoms. The number of likely N-dealkylation sites (tertiary alicyclic amines) is 1. The molecule has 0 saturated carbocycles. The largest absolute Gasteiger partial charge is 0.444 e. The SMILES string of the molecule is CC(C)(C)OC(=O)N1CC2CN=C(NC(=O)c3ccccc3)SC2(c2ccccc2)C1. The van der Waals surface area contributed by atoms with Crippen LogP contribution in [-0.2, 0) is 9.48 Å². The van der Waals surface area contributed by atoms with Crippen LogP contribution < -0.4 is 5.32 Å². The molecule has 2 aromatic carbocycles. The number of rotatable bonds is 2. The molecule has 1 saturated heterocycles. The summed E-state index contributed by atoms with van der Waals surface area (Å²) in [5.74, 6) is -0.0553. The number of carbonyl (C=O) groups excluding carboxylic acids is 2. The Labute approximate surface area is 187 Å². The normalized spacial score (nSPS) is 23.0. The van der Waals surface area contributed by atoms with Gasteiger partial charge in [-0.15, -0.1) is 0 Å². The number of benzene rings is 2. The molecule has 4 rings (SSSR count). The number of nitrogens with one attached hydrogen (secondary N) is 1. The first-order chi connectivity index (χ1) is 14.8. The Morgan fingerprint density at radius 3 is 2.39 bits per heavy atom. The van der Waals surface area contributed by atoms with Crippen LogP contribution in [0.3, 0.4) is 0 Å². The monoisotopic (exact) mass is 437 g/mol. The van der Waals surface area contributed by atoms with Crippen LogP contribution in [0.15, 0.2) is 65.7 Å². The lowest BCUT2D eigenvalue weighted by molar-refractivity contribution is 0.0286. The van der Waals surface area contributed by atoms with Gasteiger partial charge in [-0.05, 0) is 38.5 Å². The number of ether oxygens (including phenoxy) is 1. The third-order valence-corrected chi connectivity index (χ3v) is 6.92. The summed E-state index contributed by atoms with van der Waals surface area (Å²) in [5.41, 5.74) is 1.16. The lowest BCUT2D eigenvalue weighted by atomic mass is 9.87. The molecule has 0 aliphatic carbocycles. The molecule has 2 aliphatic heterocycles. The van der Waals surface area contributed by atoms with Crippen LogP contribution in [0.25, 0.3) is 0 Å². The zero-order valence-electron chi connectivity index (χ0n) is 18.0. The van der Waals surface area contributed by atoms with Crippen molar-refractivity contribution in [3.05, 3.63) is 71.8 Å². The van der Waals surface area contributed by atoms with Crippen molar-refractivity contribution in [1.29, 1.82) is 0 Å². The molecule has 2 unspecified atom stereocenters. The van der Waals surface area contributed by atoms with Crippen molar-refractivity contribution in [3.63, 3.8) is 0 Å². The minimum atomic E-state index is -0.552. The zero-order valence-corrected chi connectivity index (χ0v) is 18.8. The number of hydrogen-bond donors (Lipinski definition) is 1. The Morgan fingerprint density at radius 1 is 1.10 bits per heavy atom. The average Bonchev–Trinajstić information content (AvgIpc) is 3.14. The van der Waals surface area contributed by atoms with Gasteiger partial charge in [0.25, 0.3) is 5.91 Å². The van der Waals surface area contributed by atoms with E-state index in [1.54, 1.807) is 17.0 Å². The molecule has 0 spiro atoms. The first kappa shape index (κ1) is 21.4. The van der Waals surface area contributed by atoms with Crippen LogP contribution in [0.1, 0.15) is 36.7 Å². The minimum Gasteiger partial charge on any atom is -0.444 e. The summed E-state index contributed by atoms with van der Waals surface area (Å²) >= 11 is 1.53. The number of amidine groups is 1. The quantitative estimate of drug-likeness (QED) is 0.761. The first-order valence-electron chi connectivity index (χ1n) is 10.4. The summed E-state index contributed by atoms with van der Waals surface area (Å²) in [6, 6.07) is 19.3. The fourth-order valence-electron chi connectivity index (χ4n) is 4.00. The molecule has 6 nitrogen and oxygen atoms in total. The molecule has 162 valence electrons. The third kappa shape index (κ3) is 4.61. The van der Waals surface area contributed by atoms with E-state index < -0.39 is 5.60 Å². The van der Waals surface area contributed by atoms with Gasteiger partial charge in [-0.2, -0.15) is 0 Å². The van der Waals surface area contributed by atoms with Gasteiger partial charge in [0.15, 0.2) is 5.17 Å². The van der Waals surface area contributed by atoms with Gasteiger partial charge in [-0.25, -0.2) is 4.79 Å². The van der Waals surface area contributed by atoms with E-state index in [1.165, 1.54) is 11.8 Å². The summed E-state index contributed by atoms with van der Waals surface area (Å²) in [6.45, 7) is 7.22. The van der Waals surface area contributed by atoms with Crippen LogP contribution in [0.2, 0.25) is 0 Å². The second-order valence-corrected chi connectivity index (χ2v) is 10.2. The summed E-state index contributed by atoms with van der Waals surface area (Å²) in [5, 5.41) is 3.55. The van der Waals surface area contributed by atoms with Gasteiger partial charge in [0.1, 0.15) is 5.60 Å². The molecule has 31 heavy (non-hydrogen) atoms. The highest BCUT2D eigenvalue weighted by atomic mass is 32.2. The molecule has 0 aromatic heterocycles. The number of nitrogens with zero attached hydrogens (tertiary/aromatic N) is 2. The van der Waals surface area contributed by atoms with Crippen LogP contribution in [0.4, 0.5) is 4.79 Å². The van der Waals surface area contributed by atoms with Gasteiger partial charge in [0.2, 0.25) is 0 Å². The van der Waals surface area contributed by atoms with Crippen molar-refractivity contribution in [2.75, 3.05) is 19.6 Å². The molecule has 2 aromatic rings. The van der Waals surface area contributed by atoms with Crippen LogP contribution in [0, 0.1) is 5.92 Å². The fourth-order valence-corrected chi connectivity index (χ4v) is 5.42. The number of fused-ring (bicyclic) bond motifs is 1. The average molecular weight is 438 g/mol. The molecule has 7 heteroatoms. The third-order valence-electron chi connectivity index (χ3n) is 5.43. The summed E-state index contributed by atoms with van der Waals surface area (Å²) < 4.78 is 5.24. The second kappa shape index (κ2) is 8.38. The smallest absolute Gasteiger partial charge is 0.410 e. The highest BCUT2D eigenvalue weighted by Crippen LogP contribution is 2.51. The van der Waals surface area contributed by atoms with Gasteiger partial charge in [-0.3, -0.25) is 9.79 Å². The van der Waals surface area contributed by atoms with Gasteiger partial charge >= 0.3 is 6.09 Å². The Kier molecular flexibility index (Phi) is 5.79. The van der Waals surface area contributed by atoms with Crippen LogP contribution in [-0.4, -0.2) is 47.3 Å². The standard InChI is InChI=1S/C24H27N3O3S/c1-23(2,3)30-22(29)27-15-19-14-25-21(26-20(28)17-10-6-4-7-11-17)31-24(19,16-27)18-12-8-5-9-13-18/h4-13,19H,14-16H2,1-3H3,(H,25,26,28). The summed E-state index contributed by atoms with van der Waals surface area (Å²) in [6.07, 6.45) is -0.312. The molecule has 1 fully saturated rings. The van der Waals surface area contributed by atoms with E-state index in [2.05, 4.69) is 22.4 Å². The van der Waals surface area contributed by atoms with E-state index in [-0.39, 0.29) is 22.7 Å². The highest BCUT2D eigenvalue weighted by molar-refractivity contribution is 8.14. The molecular weight excluding hydrogens is 410 g/mol. The Morgan fingerprint density at radius 2 is 1.74 bits per heavy atom. The Balaban J connectivity index is 1.59. The molecule has 0 radical (unpaired) electrons. The molecule has 1 N–H and O–H groups in total. The van der Waals surface area contributed by atoms with Gasteiger partial charge in [0.05, 0.1) is 4.75 Å². The number of carbonyl (C=O) groups is 2. The van der Waals surface area contributed by atoms with Gasteiger partial charge < -0.3 is 15.0 Å². The maximum Gasteiger partial charge on any atom is 0.410 e. The predicted molar refractivity (Wildman–Crippen MR) is 123 cm³/mol. The van der Waals surface area contributed by atoms with Crippen molar-refractivity contribution in [2.24, 2.45) is 10.9 Å². The molecule has 2 amide bonds. The molecule has 2 heterocycles. The van der Waals surface area contributed by atoms with Crippen molar-refractivity contribution in [3.8, 4) is 0 Å². The Hall–Kier alpha value is -2.80. The number of aliphatic imine (C=N–C) groups is 1. The van der Waals surface area contributed by atoms with Crippen molar-refractivity contribution in [2.45, 2.75) is 31.1 Å². The van der Waals surface area contributed by atoms with Crippen molar-refractivity contribution >= 4 is 28.9 Å². The van der Waals surface area contributed by atoms with Gasteiger partial charge in [0, 0.05) is 31.1 Å². The predicted octanol–water partition coefficient (Wildman–Crippen LogP) is 4.28. The summed E-state index contributed by atoms with van der Waals surface area (Å²) in [4.78, 5) is 31.9. The highest BCUT2D eigenvalue weighted by Gasteiger charge is 2.53. The number of amides is 2. The van der Waals surface area contributed by atoms with E-state index in [0.717, 1.165) is 5.56 Å². The Bertz CT molecular complexity index is 988. The zero-order chi connectivity index (χ0) is 22.1. The van der Waals surface area contributed by atoms with Crippen LogP contribution in [0.5, 0.6) is 0 Å². The van der Waals surface area contributed by atoms with Crippen molar-refractivity contribution in [1.82, 2.24) is 10.2 Å². The van der Waals surface area contributed by atoms with Crippen LogP contribution >= 0.6 is 11.8 Å². The van der Waals surface area contributed by atoms with Gasteiger partial charge in [-0.1, -0.05) is 60.3 Å². The molecular formula is C24H27N3O3S. The minimum absolute atomic E-state index is 0.129. The van der Waals surface area contributed by atoms with E-state index >= 15 is 0 Å². The number of thioether (sulfide) groups is 1. The maximum atomic E-state index is 12.8. The second-order valence-electron chi connectivity index (χ2n) is 8.88. The molecule has 2 aliphatic rings. The number of hydrogen-bond acceptors (Lipinski definition) is 5. The first-order valence-corrected chi connectivity index (χ1v) is 11.2. The lowest BCUT2D eigenvalue weighted by Gasteiger charge is -2.37. The van der Waals surface area contributed by atoms with Crippen molar-refractivity contribution < 1.29 is 14.3 Å².